The van der Waals surface area contributed by atoms with Crippen molar-refractivity contribution in [2.45, 2.75) is 27.7 Å². The maximum absolute atomic E-state index is 12.4. The van der Waals surface area contributed by atoms with Crippen molar-refractivity contribution in [1.29, 1.82) is 0 Å². The second kappa shape index (κ2) is 6.91. The number of hydrogen-bond acceptors (Lipinski definition) is 3. The summed E-state index contributed by atoms with van der Waals surface area (Å²) in [7, 11) is 1.62. The Bertz CT molecular complexity index is 278. The van der Waals surface area contributed by atoms with Crippen molar-refractivity contribution in [3.63, 3.8) is 0 Å². The van der Waals surface area contributed by atoms with E-state index in [0.29, 0.717) is 25.6 Å². The van der Waals surface area contributed by atoms with Crippen LogP contribution in [0.4, 0.5) is 0 Å². The molecule has 0 aromatic carbocycles. The van der Waals surface area contributed by atoms with Gasteiger partial charge in [-0.1, -0.05) is 26.1 Å². The van der Waals surface area contributed by atoms with Gasteiger partial charge in [0, 0.05) is 20.2 Å². The Kier molecular flexibility index (Phi) is 6.64. The predicted molar refractivity (Wildman–Crippen MR) is 73.9 cm³/mol. The largest absolute Gasteiger partial charge is 0.392 e. The first kappa shape index (κ1) is 16.3. The molecule has 100 valence electrons. The molecule has 0 bridgehead atoms. The third-order valence-corrected chi connectivity index (χ3v) is 3.10. The van der Waals surface area contributed by atoms with Crippen molar-refractivity contribution in [2.24, 2.45) is 17.1 Å². The van der Waals surface area contributed by atoms with Gasteiger partial charge in [-0.15, -0.1) is 0 Å². The van der Waals surface area contributed by atoms with Gasteiger partial charge in [0.25, 0.3) is 0 Å². The molecule has 0 fully saturated rings. The number of thiocarbonyl (C=S) groups is 1. The minimum atomic E-state index is -0.794. The average molecular weight is 260 g/mol. The summed E-state index contributed by atoms with van der Waals surface area (Å²) in [5, 5.41) is 0. The van der Waals surface area contributed by atoms with E-state index >= 15 is 0 Å². The highest BCUT2D eigenvalue weighted by molar-refractivity contribution is 7.80. The molecule has 0 saturated carbocycles. The van der Waals surface area contributed by atoms with Crippen molar-refractivity contribution in [3.05, 3.63) is 0 Å². The highest BCUT2D eigenvalue weighted by Gasteiger charge is 2.34. The zero-order valence-electron chi connectivity index (χ0n) is 11.4. The normalized spacial score (nSPS) is 11.6. The van der Waals surface area contributed by atoms with E-state index in [1.165, 1.54) is 0 Å². The lowest BCUT2D eigenvalue weighted by molar-refractivity contribution is -0.138. The van der Waals surface area contributed by atoms with Crippen LogP contribution in [-0.2, 0) is 9.53 Å². The maximum Gasteiger partial charge on any atom is 0.235 e. The SMILES string of the molecule is COCCN(CC(C)C)C(=O)C(C)(C)C(N)=S. The monoisotopic (exact) mass is 260 g/mol. The summed E-state index contributed by atoms with van der Waals surface area (Å²) in [5.41, 5.74) is 4.83. The van der Waals surface area contributed by atoms with Gasteiger partial charge < -0.3 is 15.4 Å². The van der Waals surface area contributed by atoms with Crippen LogP contribution >= 0.6 is 12.2 Å². The summed E-state index contributed by atoms with van der Waals surface area (Å²) in [4.78, 5) is 14.4. The number of hydrogen-bond donors (Lipinski definition) is 1. The molecule has 1 amide bonds. The molecule has 0 aliphatic carbocycles. The molecule has 2 N–H and O–H groups in total. The molecular formula is C12H24N2O2S. The van der Waals surface area contributed by atoms with Gasteiger partial charge >= 0.3 is 0 Å². The summed E-state index contributed by atoms with van der Waals surface area (Å²) in [6, 6.07) is 0. The van der Waals surface area contributed by atoms with E-state index < -0.39 is 5.41 Å². The van der Waals surface area contributed by atoms with Gasteiger partial charge in [0.05, 0.1) is 17.0 Å². The van der Waals surface area contributed by atoms with Gasteiger partial charge in [0.1, 0.15) is 0 Å². The molecular weight excluding hydrogens is 236 g/mol. The van der Waals surface area contributed by atoms with Crippen LogP contribution < -0.4 is 5.73 Å². The van der Waals surface area contributed by atoms with Crippen LogP contribution in [0.3, 0.4) is 0 Å². The third kappa shape index (κ3) is 5.00. The van der Waals surface area contributed by atoms with Crippen molar-refractivity contribution in [1.82, 2.24) is 4.90 Å². The summed E-state index contributed by atoms with van der Waals surface area (Å²) < 4.78 is 5.02. The third-order valence-electron chi connectivity index (χ3n) is 2.59. The molecule has 0 unspecified atom stereocenters. The van der Waals surface area contributed by atoms with Crippen molar-refractivity contribution in [2.75, 3.05) is 26.8 Å². The Morgan fingerprint density at radius 3 is 2.35 bits per heavy atom. The fourth-order valence-corrected chi connectivity index (χ4v) is 1.51. The molecule has 0 spiro atoms. The number of amides is 1. The minimum Gasteiger partial charge on any atom is -0.392 e. The topological polar surface area (TPSA) is 55.6 Å². The number of nitrogens with zero attached hydrogens (tertiary/aromatic N) is 1. The summed E-state index contributed by atoms with van der Waals surface area (Å²) in [6.45, 7) is 9.44. The zero-order valence-corrected chi connectivity index (χ0v) is 12.3. The first-order valence-corrected chi connectivity index (χ1v) is 6.22. The summed E-state index contributed by atoms with van der Waals surface area (Å²) in [6.07, 6.45) is 0. The molecule has 5 heteroatoms. The van der Waals surface area contributed by atoms with Gasteiger partial charge in [-0.05, 0) is 19.8 Å². The summed E-state index contributed by atoms with van der Waals surface area (Å²) >= 11 is 4.95. The van der Waals surface area contributed by atoms with Gasteiger partial charge in [0.2, 0.25) is 5.91 Å². The molecule has 0 aromatic heterocycles. The predicted octanol–water partition coefficient (Wildman–Crippen LogP) is 1.43. The standard InChI is InChI=1S/C12H24N2O2S/c1-9(2)8-14(6-7-16-5)11(15)12(3,4)10(13)17/h9H,6-8H2,1-5H3,(H2,13,17). The van der Waals surface area contributed by atoms with E-state index in [1.54, 1.807) is 25.9 Å². The molecule has 17 heavy (non-hydrogen) atoms. The quantitative estimate of drug-likeness (QED) is 0.704. The van der Waals surface area contributed by atoms with Crippen LogP contribution in [-0.4, -0.2) is 42.6 Å². The van der Waals surface area contributed by atoms with E-state index in [1.807, 2.05) is 0 Å². The van der Waals surface area contributed by atoms with Crippen LogP contribution in [0.25, 0.3) is 0 Å². The Labute approximate surface area is 109 Å². The first-order chi connectivity index (χ1) is 7.73. The number of nitrogens with two attached hydrogens (primary N) is 1. The molecule has 0 saturated heterocycles. The maximum atomic E-state index is 12.4. The fraction of sp³-hybridized carbons (Fsp3) is 0.833. The van der Waals surface area contributed by atoms with Crippen LogP contribution in [0.1, 0.15) is 27.7 Å². The second-order valence-electron chi connectivity index (χ2n) is 5.13. The Hall–Kier alpha value is -0.680. The molecule has 0 radical (unpaired) electrons. The number of carbonyl (C=O) groups excluding carboxylic acids is 1. The summed E-state index contributed by atoms with van der Waals surface area (Å²) in [5.74, 6) is 0.369. The number of rotatable bonds is 7. The van der Waals surface area contributed by atoms with E-state index in [-0.39, 0.29) is 10.9 Å². The number of ether oxygens (including phenoxy) is 1. The van der Waals surface area contributed by atoms with Crippen LogP contribution in [0.5, 0.6) is 0 Å². The van der Waals surface area contributed by atoms with Gasteiger partial charge in [0.15, 0.2) is 0 Å². The molecule has 0 rings (SSSR count). The van der Waals surface area contributed by atoms with Crippen LogP contribution in [0, 0.1) is 11.3 Å². The lowest BCUT2D eigenvalue weighted by Crippen LogP contribution is -2.49. The Morgan fingerprint density at radius 1 is 1.47 bits per heavy atom. The number of methoxy groups -OCH3 is 1. The molecule has 0 aliphatic rings. The highest BCUT2D eigenvalue weighted by Crippen LogP contribution is 2.20. The van der Waals surface area contributed by atoms with Crippen molar-refractivity contribution in [3.8, 4) is 0 Å². The molecule has 0 aliphatic heterocycles. The van der Waals surface area contributed by atoms with Crippen LogP contribution in [0.2, 0.25) is 0 Å². The van der Waals surface area contributed by atoms with Crippen molar-refractivity contribution < 1.29 is 9.53 Å². The molecule has 4 nitrogen and oxygen atoms in total. The molecule has 0 aromatic rings. The van der Waals surface area contributed by atoms with Gasteiger partial charge in [-0.3, -0.25) is 4.79 Å². The molecule has 0 atom stereocenters. The van der Waals surface area contributed by atoms with E-state index in [0.717, 1.165) is 0 Å². The minimum absolute atomic E-state index is 0.0317. The second-order valence-corrected chi connectivity index (χ2v) is 5.57. The van der Waals surface area contributed by atoms with Gasteiger partial charge in [-0.25, -0.2) is 0 Å². The van der Waals surface area contributed by atoms with Crippen molar-refractivity contribution >= 4 is 23.1 Å². The van der Waals surface area contributed by atoms with Gasteiger partial charge in [-0.2, -0.15) is 0 Å². The number of carbonyl (C=O) groups is 1. The smallest absolute Gasteiger partial charge is 0.235 e. The molecule has 0 heterocycles. The lowest BCUT2D eigenvalue weighted by Gasteiger charge is -2.32. The first-order valence-electron chi connectivity index (χ1n) is 5.81. The van der Waals surface area contributed by atoms with Crippen LogP contribution in [0.15, 0.2) is 0 Å². The Morgan fingerprint density at radius 2 is 2.00 bits per heavy atom. The zero-order chi connectivity index (χ0) is 13.6. The lowest BCUT2D eigenvalue weighted by atomic mass is 9.91. The van der Waals surface area contributed by atoms with E-state index in [2.05, 4.69) is 13.8 Å². The average Bonchev–Trinajstić information content (AvgIpc) is 2.22. The fourth-order valence-electron chi connectivity index (χ4n) is 1.42. The van der Waals surface area contributed by atoms with E-state index in [9.17, 15) is 4.79 Å². The van der Waals surface area contributed by atoms with E-state index in [4.69, 9.17) is 22.7 Å². The Balaban J connectivity index is 4.78. The highest BCUT2D eigenvalue weighted by atomic mass is 32.1.